The highest BCUT2D eigenvalue weighted by Crippen LogP contribution is 2.26. The fraction of sp³-hybridized carbons (Fsp3) is 0.800. The lowest BCUT2D eigenvalue weighted by Crippen LogP contribution is -2.48. The lowest BCUT2D eigenvalue weighted by molar-refractivity contribution is 0.0295. The van der Waals surface area contributed by atoms with E-state index in [0.717, 1.165) is 6.54 Å². The van der Waals surface area contributed by atoms with E-state index in [1.807, 2.05) is 0 Å². The predicted molar refractivity (Wildman–Crippen MR) is 108 cm³/mol. The predicted octanol–water partition coefficient (Wildman–Crippen LogP) is 4.42. The van der Waals surface area contributed by atoms with Crippen molar-refractivity contribution in [2.45, 2.75) is 89.2 Å². The van der Waals surface area contributed by atoms with Crippen molar-refractivity contribution in [3.63, 3.8) is 0 Å². The molecule has 1 saturated heterocycles. The van der Waals surface area contributed by atoms with Gasteiger partial charge >= 0.3 is 0 Å². The highest BCUT2D eigenvalue weighted by molar-refractivity contribution is 7.14. The van der Waals surface area contributed by atoms with Gasteiger partial charge in [-0.3, -0.25) is 0 Å². The lowest BCUT2D eigenvalue weighted by atomic mass is 9.98. The third-order valence-electron chi connectivity index (χ3n) is 5.79. The van der Waals surface area contributed by atoms with Gasteiger partial charge in [0.25, 0.3) is 0 Å². The highest BCUT2D eigenvalue weighted by atomic mass is 31.0. The average molecular weight is 366 g/mol. The monoisotopic (exact) mass is 365 g/mol. The first-order chi connectivity index (χ1) is 12.4. The summed E-state index contributed by atoms with van der Waals surface area (Å²) < 4.78 is 6.42. The Morgan fingerprint density at radius 2 is 1.68 bits per heavy atom. The maximum atomic E-state index is 6.42. The molecule has 5 heteroatoms. The Morgan fingerprint density at radius 3 is 2.44 bits per heavy atom. The van der Waals surface area contributed by atoms with Gasteiger partial charge in [0, 0.05) is 6.54 Å². The summed E-state index contributed by atoms with van der Waals surface area (Å²) in [4.78, 5) is 0. The smallest absolute Gasteiger partial charge is 0.0903 e. The van der Waals surface area contributed by atoms with E-state index in [0.29, 0.717) is 18.8 Å². The van der Waals surface area contributed by atoms with E-state index in [9.17, 15) is 0 Å². The zero-order valence-corrected chi connectivity index (χ0v) is 16.8. The molecular formula is C20H36N3OP. The Hall–Kier alpha value is -0.570. The number of fused-ring (bicyclic) bond motifs is 1. The molecular weight excluding hydrogens is 329 g/mol. The first-order valence-corrected chi connectivity index (χ1v) is 11.0. The molecule has 2 unspecified atom stereocenters. The largest absolute Gasteiger partial charge is 0.372 e. The number of hydrogen-bond donors (Lipinski definition) is 2. The van der Waals surface area contributed by atoms with Crippen molar-refractivity contribution in [1.29, 1.82) is 0 Å². The van der Waals surface area contributed by atoms with Crippen LogP contribution in [-0.2, 0) is 4.74 Å². The summed E-state index contributed by atoms with van der Waals surface area (Å²) in [6.07, 6.45) is 20.7. The molecule has 2 fully saturated rings. The topological polar surface area (TPSA) is 36.5 Å². The van der Waals surface area contributed by atoms with Crippen LogP contribution in [0.1, 0.15) is 77.0 Å². The second kappa shape index (κ2) is 10.5. The molecule has 2 heterocycles. The van der Waals surface area contributed by atoms with Gasteiger partial charge in [0.05, 0.1) is 30.1 Å². The number of hydrogen-bond acceptors (Lipinski definition) is 4. The van der Waals surface area contributed by atoms with Crippen molar-refractivity contribution >= 4 is 9.39 Å². The fourth-order valence-electron chi connectivity index (χ4n) is 4.25. The number of rotatable bonds is 4. The number of ether oxygens (including phenoxy) is 1. The van der Waals surface area contributed by atoms with Crippen LogP contribution in [0.4, 0.5) is 0 Å². The second-order valence-electron chi connectivity index (χ2n) is 7.69. The average Bonchev–Trinajstić information content (AvgIpc) is 2.72. The van der Waals surface area contributed by atoms with E-state index < -0.39 is 0 Å². The van der Waals surface area contributed by atoms with E-state index in [4.69, 9.17) is 4.74 Å². The quantitative estimate of drug-likeness (QED) is 0.723. The van der Waals surface area contributed by atoms with Gasteiger partial charge in [-0.1, -0.05) is 57.4 Å². The summed E-state index contributed by atoms with van der Waals surface area (Å²) >= 11 is 0. The van der Waals surface area contributed by atoms with Crippen LogP contribution in [-0.4, -0.2) is 30.3 Å². The molecule has 142 valence electrons. The molecule has 4 nitrogen and oxygen atoms in total. The van der Waals surface area contributed by atoms with Crippen LogP contribution in [0.2, 0.25) is 0 Å². The molecule has 0 spiro atoms. The minimum atomic E-state index is 0.431. The maximum Gasteiger partial charge on any atom is 0.0903 e. The molecule has 3 rings (SSSR count). The Labute approximate surface area is 156 Å². The van der Waals surface area contributed by atoms with Crippen LogP contribution in [0.5, 0.6) is 0 Å². The molecule has 3 aliphatic rings. The third-order valence-corrected chi connectivity index (χ3v) is 6.10. The van der Waals surface area contributed by atoms with Gasteiger partial charge in [0.15, 0.2) is 0 Å². The second-order valence-corrected chi connectivity index (χ2v) is 7.98. The molecule has 0 aromatic heterocycles. The first kappa shape index (κ1) is 19.2. The van der Waals surface area contributed by atoms with Crippen molar-refractivity contribution in [1.82, 2.24) is 15.5 Å². The van der Waals surface area contributed by atoms with Crippen molar-refractivity contribution in [3.8, 4) is 0 Å². The molecule has 0 aromatic carbocycles. The number of nitrogens with one attached hydrogen (secondary N) is 2. The van der Waals surface area contributed by atoms with Crippen LogP contribution in [0, 0.1) is 0 Å². The van der Waals surface area contributed by atoms with Crippen molar-refractivity contribution in [2.75, 3.05) is 13.2 Å². The molecule has 2 aliphatic heterocycles. The van der Waals surface area contributed by atoms with Crippen LogP contribution in [0.25, 0.3) is 0 Å². The Balaban J connectivity index is 1.65. The molecule has 2 N–H and O–H groups in total. The summed E-state index contributed by atoms with van der Waals surface area (Å²) in [5.41, 5.74) is 6.12. The van der Waals surface area contributed by atoms with Gasteiger partial charge in [0.2, 0.25) is 0 Å². The van der Waals surface area contributed by atoms with Crippen molar-refractivity contribution in [2.24, 2.45) is 0 Å². The molecule has 0 amide bonds. The standard InChI is InChI=1S/C20H36N3OP/c25-22-19-14-13-17-10-6-4-5-9-15-21-23(17)20(19)16-24-18-11-7-2-1-3-8-12-18/h13-14,17-18,21-22H,1-12,15-16,25H2. The minimum absolute atomic E-state index is 0.431. The molecule has 1 aliphatic carbocycles. The van der Waals surface area contributed by atoms with E-state index in [1.165, 1.54) is 88.4 Å². The Bertz CT molecular complexity index is 458. The molecule has 25 heavy (non-hydrogen) atoms. The van der Waals surface area contributed by atoms with Gasteiger partial charge in [0.1, 0.15) is 0 Å². The maximum absolute atomic E-state index is 6.42. The zero-order chi connectivity index (χ0) is 17.3. The summed E-state index contributed by atoms with van der Waals surface area (Å²) in [5, 5.41) is 5.69. The van der Waals surface area contributed by atoms with Gasteiger partial charge in [-0.05, 0) is 41.1 Å². The van der Waals surface area contributed by atoms with Gasteiger partial charge in [-0.15, -0.1) is 0 Å². The van der Waals surface area contributed by atoms with Crippen molar-refractivity contribution < 1.29 is 4.74 Å². The van der Waals surface area contributed by atoms with Crippen LogP contribution < -0.4 is 10.5 Å². The zero-order valence-electron chi connectivity index (χ0n) is 15.6. The van der Waals surface area contributed by atoms with Crippen LogP contribution >= 0.6 is 9.39 Å². The van der Waals surface area contributed by atoms with Gasteiger partial charge in [-0.25, -0.2) is 5.43 Å². The molecule has 0 aromatic rings. The summed E-state index contributed by atoms with van der Waals surface area (Å²) in [6.45, 7) is 1.76. The molecule has 0 radical (unpaired) electrons. The third kappa shape index (κ3) is 5.70. The number of allylic oxidation sites excluding steroid dienone is 1. The van der Waals surface area contributed by atoms with Crippen LogP contribution in [0.15, 0.2) is 23.5 Å². The number of nitrogens with zero attached hydrogens (tertiary/aromatic N) is 1. The summed E-state index contributed by atoms with van der Waals surface area (Å²) in [6, 6.07) is 0.455. The van der Waals surface area contributed by atoms with Crippen LogP contribution in [0.3, 0.4) is 0 Å². The molecule has 1 saturated carbocycles. The SMILES string of the molecule is PNC1=C(COC2CCCCCCC2)N2NCCCCCCC2C=C1. The summed E-state index contributed by atoms with van der Waals surface area (Å²) in [7, 11) is 2.65. The first-order valence-electron chi connectivity index (χ1n) is 10.4. The minimum Gasteiger partial charge on any atom is -0.372 e. The van der Waals surface area contributed by atoms with E-state index in [1.54, 1.807) is 0 Å². The lowest BCUT2D eigenvalue weighted by Gasteiger charge is -2.38. The molecule has 2 atom stereocenters. The highest BCUT2D eigenvalue weighted by Gasteiger charge is 2.26. The van der Waals surface area contributed by atoms with E-state index in [-0.39, 0.29) is 0 Å². The Kier molecular flexibility index (Phi) is 8.10. The van der Waals surface area contributed by atoms with E-state index >= 15 is 0 Å². The van der Waals surface area contributed by atoms with Gasteiger partial charge < -0.3 is 14.8 Å². The summed E-state index contributed by atoms with van der Waals surface area (Å²) in [5.74, 6) is 0. The normalized spacial score (nSPS) is 26.9. The van der Waals surface area contributed by atoms with Crippen molar-refractivity contribution in [3.05, 3.63) is 23.5 Å². The Morgan fingerprint density at radius 1 is 1.00 bits per heavy atom. The fourth-order valence-corrected chi connectivity index (χ4v) is 4.51. The van der Waals surface area contributed by atoms with E-state index in [2.05, 4.69) is 37.1 Å². The number of hydrazine groups is 1. The molecule has 0 bridgehead atoms. The van der Waals surface area contributed by atoms with Gasteiger partial charge in [-0.2, -0.15) is 0 Å².